The second kappa shape index (κ2) is 7.80. The van der Waals surface area contributed by atoms with Gasteiger partial charge in [0.1, 0.15) is 5.75 Å². The Labute approximate surface area is 134 Å². The third kappa shape index (κ3) is 5.67. The number of hydrogen-bond acceptors (Lipinski definition) is 3. The summed E-state index contributed by atoms with van der Waals surface area (Å²) in [5, 5.41) is 6.36. The molecule has 1 aromatic rings. The van der Waals surface area contributed by atoms with Gasteiger partial charge in [-0.15, -0.1) is 0 Å². The average Bonchev–Trinajstić information content (AvgIpc) is 3.29. The minimum atomic E-state index is -0.0788. The molecule has 0 aromatic heterocycles. The molecule has 5 heteroatoms. The molecule has 0 bridgehead atoms. The van der Waals surface area contributed by atoms with Gasteiger partial charge in [-0.25, -0.2) is 0 Å². The number of hydrogen-bond donors (Lipinski definition) is 2. The van der Waals surface area contributed by atoms with E-state index in [-0.39, 0.29) is 18.6 Å². The first-order chi connectivity index (χ1) is 10.1. The summed E-state index contributed by atoms with van der Waals surface area (Å²) in [6.45, 7) is 4.90. The summed E-state index contributed by atoms with van der Waals surface area (Å²) in [7, 11) is 0. The second-order valence-corrected chi connectivity index (χ2v) is 6.43. The molecule has 2 rings (SSSR count). The van der Waals surface area contributed by atoms with Crippen molar-refractivity contribution < 1.29 is 9.53 Å². The summed E-state index contributed by atoms with van der Waals surface area (Å²) >= 11 is 3.55. The largest absolute Gasteiger partial charge is 0.484 e. The van der Waals surface area contributed by atoms with Gasteiger partial charge in [0.05, 0.1) is 0 Å². The van der Waals surface area contributed by atoms with Crippen LogP contribution in [0.5, 0.6) is 5.75 Å². The molecule has 21 heavy (non-hydrogen) atoms. The van der Waals surface area contributed by atoms with Crippen molar-refractivity contribution in [2.24, 2.45) is 0 Å². The van der Waals surface area contributed by atoms with E-state index in [1.54, 1.807) is 0 Å². The lowest BCUT2D eigenvalue weighted by Crippen LogP contribution is -2.35. The smallest absolute Gasteiger partial charge is 0.258 e. The molecule has 1 fully saturated rings. The minimum absolute atomic E-state index is 0.0570. The highest BCUT2D eigenvalue weighted by molar-refractivity contribution is 9.10. The molecular weight excluding hydrogens is 332 g/mol. The monoisotopic (exact) mass is 354 g/mol. The van der Waals surface area contributed by atoms with Crippen molar-refractivity contribution in [2.45, 2.75) is 51.7 Å². The van der Waals surface area contributed by atoms with Gasteiger partial charge < -0.3 is 15.4 Å². The molecule has 1 atom stereocenters. The minimum Gasteiger partial charge on any atom is -0.484 e. The highest BCUT2D eigenvalue weighted by atomic mass is 79.9. The number of rotatable bonds is 8. The molecule has 0 radical (unpaired) electrons. The number of carbonyl (C=O) groups excluding carboxylic acids is 1. The molecule has 1 aromatic carbocycles. The fraction of sp³-hybridized carbons (Fsp3) is 0.562. The van der Waals surface area contributed by atoms with Crippen LogP contribution in [-0.2, 0) is 11.3 Å². The van der Waals surface area contributed by atoms with Crippen LogP contribution in [0.2, 0.25) is 0 Å². The first-order valence-corrected chi connectivity index (χ1v) is 8.31. The Morgan fingerprint density at radius 1 is 1.48 bits per heavy atom. The lowest BCUT2D eigenvalue weighted by atomic mass is 10.2. The fourth-order valence-electron chi connectivity index (χ4n) is 1.89. The van der Waals surface area contributed by atoms with E-state index in [0.29, 0.717) is 6.04 Å². The lowest BCUT2D eigenvalue weighted by Gasteiger charge is -2.13. The van der Waals surface area contributed by atoms with Crippen LogP contribution in [0.4, 0.5) is 0 Å². The van der Waals surface area contributed by atoms with Gasteiger partial charge in [0, 0.05) is 23.1 Å². The highest BCUT2D eigenvalue weighted by Crippen LogP contribution is 2.25. The van der Waals surface area contributed by atoms with Crippen molar-refractivity contribution in [2.75, 3.05) is 6.61 Å². The van der Waals surface area contributed by atoms with E-state index in [1.807, 2.05) is 32.0 Å². The van der Waals surface area contributed by atoms with Crippen LogP contribution in [0.1, 0.15) is 38.7 Å². The van der Waals surface area contributed by atoms with Crippen molar-refractivity contribution >= 4 is 21.8 Å². The standard InChI is InChI=1S/C16H23BrN2O2/c1-3-11(2)19-16(20)10-21-14-6-7-15(17)12(8-14)9-18-13-4-5-13/h6-8,11,13,18H,3-5,9-10H2,1-2H3,(H,19,20). The van der Waals surface area contributed by atoms with Crippen molar-refractivity contribution in [3.63, 3.8) is 0 Å². The maximum absolute atomic E-state index is 11.7. The zero-order valence-corrected chi connectivity index (χ0v) is 14.2. The van der Waals surface area contributed by atoms with Gasteiger partial charge in [0.2, 0.25) is 0 Å². The van der Waals surface area contributed by atoms with Crippen molar-refractivity contribution in [3.05, 3.63) is 28.2 Å². The number of amides is 1. The summed E-state index contributed by atoms with van der Waals surface area (Å²) in [5.41, 5.74) is 1.15. The van der Waals surface area contributed by atoms with Crippen LogP contribution in [0.3, 0.4) is 0 Å². The van der Waals surface area contributed by atoms with Crippen LogP contribution in [0, 0.1) is 0 Å². The lowest BCUT2D eigenvalue weighted by molar-refractivity contribution is -0.123. The summed E-state index contributed by atoms with van der Waals surface area (Å²) in [6.07, 6.45) is 3.45. The van der Waals surface area contributed by atoms with Gasteiger partial charge in [-0.1, -0.05) is 22.9 Å². The Bertz CT molecular complexity index is 489. The Kier molecular flexibility index (Phi) is 6.06. The van der Waals surface area contributed by atoms with Gasteiger partial charge in [-0.2, -0.15) is 0 Å². The SMILES string of the molecule is CCC(C)NC(=O)COc1ccc(Br)c(CNC2CC2)c1. The van der Waals surface area contributed by atoms with Crippen molar-refractivity contribution in [1.29, 1.82) is 0 Å². The number of nitrogens with one attached hydrogen (secondary N) is 2. The van der Waals surface area contributed by atoms with E-state index in [1.165, 1.54) is 12.8 Å². The fourth-order valence-corrected chi connectivity index (χ4v) is 2.27. The van der Waals surface area contributed by atoms with Gasteiger partial charge in [-0.05, 0) is 49.9 Å². The normalized spacial score (nSPS) is 15.6. The molecule has 1 amide bonds. The van der Waals surface area contributed by atoms with E-state index < -0.39 is 0 Å². The van der Waals surface area contributed by atoms with E-state index in [9.17, 15) is 4.79 Å². The van der Waals surface area contributed by atoms with Gasteiger partial charge in [0.15, 0.2) is 6.61 Å². The van der Waals surface area contributed by atoms with E-state index in [4.69, 9.17) is 4.74 Å². The van der Waals surface area contributed by atoms with E-state index in [2.05, 4.69) is 26.6 Å². The van der Waals surface area contributed by atoms with Crippen LogP contribution >= 0.6 is 15.9 Å². The maximum Gasteiger partial charge on any atom is 0.258 e. The quantitative estimate of drug-likeness (QED) is 0.754. The molecule has 116 valence electrons. The zero-order chi connectivity index (χ0) is 15.2. The molecule has 1 aliphatic carbocycles. The Hall–Kier alpha value is -1.07. The van der Waals surface area contributed by atoms with Crippen molar-refractivity contribution in [1.82, 2.24) is 10.6 Å². The van der Waals surface area contributed by atoms with Gasteiger partial charge in [0.25, 0.3) is 5.91 Å². The van der Waals surface area contributed by atoms with Crippen LogP contribution in [0.25, 0.3) is 0 Å². The first kappa shape index (κ1) is 16.3. The average molecular weight is 355 g/mol. The number of benzene rings is 1. The van der Waals surface area contributed by atoms with Crippen LogP contribution < -0.4 is 15.4 Å². The topological polar surface area (TPSA) is 50.4 Å². The Morgan fingerprint density at radius 2 is 2.24 bits per heavy atom. The Balaban J connectivity index is 1.84. The van der Waals surface area contributed by atoms with Gasteiger partial charge >= 0.3 is 0 Å². The Morgan fingerprint density at radius 3 is 2.90 bits per heavy atom. The molecule has 1 unspecified atom stereocenters. The zero-order valence-electron chi connectivity index (χ0n) is 12.6. The predicted molar refractivity (Wildman–Crippen MR) is 87.4 cm³/mol. The molecule has 2 N–H and O–H groups in total. The molecule has 4 nitrogen and oxygen atoms in total. The van der Waals surface area contributed by atoms with Crippen LogP contribution in [-0.4, -0.2) is 24.6 Å². The maximum atomic E-state index is 11.7. The highest BCUT2D eigenvalue weighted by Gasteiger charge is 2.20. The number of carbonyl (C=O) groups is 1. The predicted octanol–water partition coefficient (Wildman–Crippen LogP) is 2.99. The number of halogens is 1. The number of ether oxygens (including phenoxy) is 1. The summed E-state index contributed by atoms with van der Waals surface area (Å²) in [5.74, 6) is 0.648. The van der Waals surface area contributed by atoms with Crippen LogP contribution in [0.15, 0.2) is 22.7 Å². The molecule has 1 aliphatic rings. The molecule has 0 saturated heterocycles. The molecular formula is C16H23BrN2O2. The molecule has 0 heterocycles. The summed E-state index contributed by atoms with van der Waals surface area (Å²) in [4.78, 5) is 11.7. The third-order valence-electron chi connectivity index (χ3n) is 3.57. The molecule has 1 saturated carbocycles. The molecule has 0 spiro atoms. The third-order valence-corrected chi connectivity index (χ3v) is 4.34. The summed E-state index contributed by atoms with van der Waals surface area (Å²) < 4.78 is 6.63. The first-order valence-electron chi connectivity index (χ1n) is 7.52. The molecule has 0 aliphatic heterocycles. The van der Waals surface area contributed by atoms with Gasteiger partial charge in [-0.3, -0.25) is 4.79 Å². The summed E-state index contributed by atoms with van der Waals surface area (Å²) in [6, 6.07) is 6.68. The van der Waals surface area contributed by atoms with E-state index >= 15 is 0 Å². The second-order valence-electron chi connectivity index (χ2n) is 5.57. The van der Waals surface area contributed by atoms with E-state index in [0.717, 1.165) is 28.8 Å². The van der Waals surface area contributed by atoms with Crippen molar-refractivity contribution in [3.8, 4) is 5.75 Å².